The molecule has 152 valence electrons. The van der Waals surface area contributed by atoms with E-state index in [1.807, 2.05) is 49.5 Å². The number of halogens is 1. The van der Waals surface area contributed by atoms with Crippen molar-refractivity contribution in [2.45, 2.75) is 6.92 Å². The summed E-state index contributed by atoms with van der Waals surface area (Å²) in [7, 11) is 1.47. The second-order valence-electron chi connectivity index (χ2n) is 6.53. The molecular weight excluding hydrogens is 422 g/mol. The van der Waals surface area contributed by atoms with Gasteiger partial charge < -0.3 is 4.74 Å². The molecule has 0 bridgehead atoms. The number of rotatable bonds is 5. The molecule has 2 amide bonds. The number of hydrogen-bond acceptors (Lipinski definition) is 5. The lowest BCUT2D eigenvalue weighted by atomic mass is 10.1. The first-order chi connectivity index (χ1) is 14.5. The van der Waals surface area contributed by atoms with Crippen LogP contribution in [0.15, 0.2) is 59.6 Å². The Bertz CT molecular complexity index is 1160. The van der Waals surface area contributed by atoms with Crippen molar-refractivity contribution in [1.82, 2.24) is 14.7 Å². The number of carbonyl (C=O) groups excluding carboxylic acids is 2. The first-order valence-electron chi connectivity index (χ1n) is 9.27. The van der Waals surface area contributed by atoms with Crippen molar-refractivity contribution in [1.29, 1.82) is 0 Å². The SMILES string of the molecule is CCOc1ccc(-c2nn(-c3ccccc3)cc2/C=C2/SC(=O)N(C)C2=O)cc1Cl. The number of carbonyl (C=O) groups is 2. The highest BCUT2D eigenvalue weighted by molar-refractivity contribution is 8.18. The van der Waals surface area contributed by atoms with Crippen LogP contribution in [0.4, 0.5) is 4.79 Å². The average Bonchev–Trinajstić information content (AvgIpc) is 3.27. The Balaban J connectivity index is 1.83. The van der Waals surface area contributed by atoms with E-state index >= 15 is 0 Å². The molecule has 30 heavy (non-hydrogen) atoms. The van der Waals surface area contributed by atoms with Gasteiger partial charge in [-0.05, 0) is 55.1 Å². The van der Waals surface area contributed by atoms with Crippen molar-refractivity contribution in [3.8, 4) is 22.7 Å². The number of nitrogens with zero attached hydrogens (tertiary/aromatic N) is 3. The fourth-order valence-electron chi connectivity index (χ4n) is 3.04. The van der Waals surface area contributed by atoms with Gasteiger partial charge in [-0.2, -0.15) is 5.10 Å². The number of imide groups is 1. The molecule has 0 aliphatic carbocycles. The number of thioether (sulfide) groups is 1. The summed E-state index contributed by atoms with van der Waals surface area (Å²) in [6.07, 6.45) is 3.53. The molecule has 3 aromatic rings. The second-order valence-corrected chi connectivity index (χ2v) is 7.93. The molecular formula is C22H18ClN3O3S. The summed E-state index contributed by atoms with van der Waals surface area (Å²) in [5.41, 5.74) is 3.00. The maximum absolute atomic E-state index is 12.4. The second kappa shape index (κ2) is 8.38. The number of para-hydroxylation sites is 1. The number of likely N-dealkylation sites (N-methyl/N-ethyl adjacent to an activating group) is 1. The lowest BCUT2D eigenvalue weighted by Crippen LogP contribution is -2.22. The Hall–Kier alpha value is -3.03. The van der Waals surface area contributed by atoms with Crippen molar-refractivity contribution in [3.63, 3.8) is 0 Å². The average molecular weight is 440 g/mol. The Kier molecular flexibility index (Phi) is 5.65. The molecule has 1 fully saturated rings. The van der Waals surface area contributed by atoms with E-state index in [1.54, 1.807) is 22.9 Å². The summed E-state index contributed by atoms with van der Waals surface area (Å²) in [6.45, 7) is 2.41. The fourth-order valence-corrected chi connectivity index (χ4v) is 4.09. The van der Waals surface area contributed by atoms with Gasteiger partial charge in [0, 0.05) is 24.4 Å². The van der Waals surface area contributed by atoms with E-state index in [1.165, 1.54) is 7.05 Å². The van der Waals surface area contributed by atoms with Gasteiger partial charge in [0.15, 0.2) is 0 Å². The zero-order valence-electron chi connectivity index (χ0n) is 16.3. The van der Waals surface area contributed by atoms with Crippen LogP contribution in [0.25, 0.3) is 23.0 Å². The lowest BCUT2D eigenvalue weighted by Gasteiger charge is -2.07. The van der Waals surface area contributed by atoms with Crippen molar-refractivity contribution in [3.05, 3.63) is 70.2 Å². The molecule has 0 atom stereocenters. The summed E-state index contributed by atoms with van der Waals surface area (Å²) in [5.74, 6) is 0.271. The molecule has 2 heterocycles. The predicted octanol–water partition coefficient (Wildman–Crippen LogP) is 5.26. The number of hydrogen-bond donors (Lipinski definition) is 0. The van der Waals surface area contributed by atoms with Crippen molar-refractivity contribution < 1.29 is 14.3 Å². The maximum atomic E-state index is 12.4. The summed E-state index contributed by atoms with van der Waals surface area (Å²) >= 11 is 7.29. The van der Waals surface area contributed by atoms with Gasteiger partial charge in [0.25, 0.3) is 11.1 Å². The molecule has 4 rings (SSSR count). The summed E-state index contributed by atoms with van der Waals surface area (Å²) in [5, 5.41) is 4.90. The van der Waals surface area contributed by atoms with E-state index < -0.39 is 0 Å². The third kappa shape index (κ3) is 3.86. The molecule has 0 spiro atoms. The van der Waals surface area contributed by atoms with Crippen LogP contribution in [0.5, 0.6) is 5.75 Å². The highest BCUT2D eigenvalue weighted by Gasteiger charge is 2.32. The van der Waals surface area contributed by atoms with Crippen LogP contribution in [0, 0.1) is 0 Å². The molecule has 0 saturated carbocycles. The van der Waals surface area contributed by atoms with Gasteiger partial charge in [0.1, 0.15) is 11.4 Å². The highest BCUT2D eigenvalue weighted by atomic mass is 35.5. The zero-order chi connectivity index (χ0) is 21.3. The normalized spacial score (nSPS) is 15.3. The third-order valence-corrected chi connectivity index (χ3v) is 5.80. The zero-order valence-corrected chi connectivity index (χ0v) is 17.9. The first kappa shape index (κ1) is 20.3. The number of benzene rings is 2. The van der Waals surface area contributed by atoms with E-state index in [9.17, 15) is 9.59 Å². The Morgan fingerprint density at radius 2 is 1.93 bits per heavy atom. The predicted molar refractivity (Wildman–Crippen MR) is 119 cm³/mol. The molecule has 0 N–H and O–H groups in total. The van der Waals surface area contributed by atoms with Gasteiger partial charge in [-0.1, -0.05) is 29.8 Å². The van der Waals surface area contributed by atoms with Crippen LogP contribution in [-0.4, -0.2) is 39.5 Å². The largest absolute Gasteiger partial charge is 0.492 e. The molecule has 8 heteroatoms. The minimum absolute atomic E-state index is 0.299. The van der Waals surface area contributed by atoms with Gasteiger partial charge in [0.2, 0.25) is 0 Å². The number of amides is 2. The molecule has 0 unspecified atom stereocenters. The van der Waals surface area contributed by atoms with Gasteiger partial charge in [-0.3, -0.25) is 14.5 Å². The van der Waals surface area contributed by atoms with Crippen molar-refractivity contribution >= 4 is 40.6 Å². The van der Waals surface area contributed by atoms with E-state index in [-0.39, 0.29) is 11.1 Å². The smallest absolute Gasteiger partial charge is 0.293 e. The van der Waals surface area contributed by atoms with Crippen LogP contribution in [-0.2, 0) is 4.79 Å². The topological polar surface area (TPSA) is 64.4 Å². The Morgan fingerprint density at radius 3 is 2.57 bits per heavy atom. The monoisotopic (exact) mass is 439 g/mol. The van der Waals surface area contributed by atoms with Crippen molar-refractivity contribution in [2.24, 2.45) is 0 Å². The Labute approximate surface area is 183 Å². The van der Waals surface area contributed by atoms with Gasteiger partial charge >= 0.3 is 0 Å². The minimum atomic E-state index is -0.326. The van der Waals surface area contributed by atoms with Gasteiger partial charge in [-0.15, -0.1) is 0 Å². The Morgan fingerprint density at radius 1 is 1.17 bits per heavy atom. The number of ether oxygens (including phenoxy) is 1. The highest BCUT2D eigenvalue weighted by Crippen LogP contribution is 2.35. The minimum Gasteiger partial charge on any atom is -0.492 e. The van der Waals surface area contributed by atoms with Gasteiger partial charge in [-0.25, -0.2) is 4.68 Å². The third-order valence-electron chi connectivity index (χ3n) is 4.54. The molecule has 2 aromatic carbocycles. The summed E-state index contributed by atoms with van der Waals surface area (Å²) in [6, 6.07) is 15.1. The van der Waals surface area contributed by atoms with Crippen molar-refractivity contribution in [2.75, 3.05) is 13.7 Å². The summed E-state index contributed by atoms with van der Waals surface area (Å²) < 4.78 is 7.25. The molecule has 6 nitrogen and oxygen atoms in total. The fraction of sp³-hybridized carbons (Fsp3) is 0.136. The van der Waals surface area contributed by atoms with E-state index in [2.05, 4.69) is 0 Å². The van der Waals surface area contributed by atoms with Crippen LogP contribution < -0.4 is 4.74 Å². The standard InChI is InChI=1S/C22H18ClN3O3S/c1-3-29-18-10-9-14(11-17(18)23)20-15(12-19-21(27)25(2)22(28)30-19)13-26(24-20)16-7-5-4-6-8-16/h4-13H,3H2,1-2H3/b19-12+. The van der Waals surface area contributed by atoms with Gasteiger partial charge in [0.05, 0.1) is 22.2 Å². The van der Waals surface area contributed by atoms with E-state index in [4.69, 9.17) is 21.4 Å². The molecule has 0 radical (unpaired) electrons. The quantitative estimate of drug-likeness (QED) is 0.507. The number of aromatic nitrogens is 2. The lowest BCUT2D eigenvalue weighted by molar-refractivity contribution is -0.121. The van der Waals surface area contributed by atoms with Crippen LogP contribution >= 0.6 is 23.4 Å². The van der Waals surface area contributed by atoms with Crippen LogP contribution in [0.2, 0.25) is 5.02 Å². The van der Waals surface area contributed by atoms with E-state index in [0.717, 1.165) is 27.9 Å². The molecule has 1 aromatic heterocycles. The van der Waals surface area contributed by atoms with E-state index in [0.29, 0.717) is 33.5 Å². The van der Waals surface area contributed by atoms with Crippen LogP contribution in [0.3, 0.4) is 0 Å². The molecule has 1 saturated heterocycles. The first-order valence-corrected chi connectivity index (χ1v) is 10.5. The maximum Gasteiger partial charge on any atom is 0.293 e. The molecule has 1 aliphatic rings. The summed E-state index contributed by atoms with van der Waals surface area (Å²) in [4.78, 5) is 25.7. The molecule has 1 aliphatic heterocycles. The van der Waals surface area contributed by atoms with Crippen LogP contribution in [0.1, 0.15) is 12.5 Å².